The Kier molecular flexibility index (Phi) is 3.99. The first-order chi connectivity index (χ1) is 13.2. The van der Waals surface area contributed by atoms with Crippen molar-refractivity contribution in [1.29, 1.82) is 0 Å². The van der Waals surface area contributed by atoms with E-state index in [9.17, 15) is 22.8 Å². The molecule has 1 N–H and O–H groups in total. The lowest BCUT2D eigenvalue weighted by molar-refractivity contribution is -0.137. The second kappa shape index (κ2) is 6.15. The van der Waals surface area contributed by atoms with Crippen molar-refractivity contribution in [2.24, 2.45) is 0 Å². The van der Waals surface area contributed by atoms with Crippen LogP contribution in [0, 0.1) is 0 Å². The molecule has 2 aliphatic heterocycles. The molecule has 2 aromatic rings. The highest BCUT2D eigenvalue weighted by Gasteiger charge is 2.49. The fraction of sp³-hybridized carbons (Fsp3) is 0.263. The minimum atomic E-state index is -4.51. The monoisotopic (exact) mass is 392 g/mol. The van der Waals surface area contributed by atoms with Crippen LogP contribution in [0.25, 0.3) is 0 Å². The number of imide groups is 1. The van der Waals surface area contributed by atoms with E-state index in [1.54, 1.807) is 18.2 Å². The molecule has 0 unspecified atom stereocenters. The van der Waals surface area contributed by atoms with E-state index in [1.807, 2.05) is 0 Å². The summed E-state index contributed by atoms with van der Waals surface area (Å²) in [5.74, 6) is 0.427. The number of halogens is 3. The lowest BCUT2D eigenvalue weighted by Crippen LogP contribution is -2.40. The third-order valence-corrected chi connectivity index (χ3v) is 4.82. The Labute approximate surface area is 157 Å². The lowest BCUT2D eigenvalue weighted by Gasteiger charge is -2.22. The Morgan fingerprint density at radius 1 is 1.11 bits per heavy atom. The highest BCUT2D eigenvalue weighted by Crippen LogP contribution is 2.38. The number of carbonyl (C=O) groups is 2. The number of fused-ring (bicyclic) bond motifs is 1. The summed E-state index contributed by atoms with van der Waals surface area (Å²) < 4.78 is 49.3. The number of carbonyl (C=O) groups excluding carboxylic acids is 2. The summed E-state index contributed by atoms with van der Waals surface area (Å²) in [6.07, 6.45) is -4.51. The number of benzene rings is 2. The molecule has 0 saturated carbocycles. The number of rotatable bonds is 3. The molecule has 0 aromatic heterocycles. The average molecular weight is 392 g/mol. The molecule has 0 spiro atoms. The van der Waals surface area contributed by atoms with Crippen LogP contribution in [0.4, 0.5) is 18.0 Å². The first kappa shape index (κ1) is 18.1. The van der Waals surface area contributed by atoms with Crippen LogP contribution in [0.2, 0.25) is 0 Å². The molecule has 1 fully saturated rings. The molecule has 0 bridgehead atoms. The summed E-state index contributed by atoms with van der Waals surface area (Å²) in [6.45, 7) is 1.34. The van der Waals surface area contributed by atoms with Crippen molar-refractivity contribution in [3.05, 3.63) is 59.2 Å². The van der Waals surface area contributed by atoms with Crippen LogP contribution in [0.3, 0.4) is 0 Å². The summed E-state index contributed by atoms with van der Waals surface area (Å²) in [7, 11) is 0. The summed E-state index contributed by atoms with van der Waals surface area (Å²) in [4.78, 5) is 26.3. The number of nitrogens with zero attached hydrogens (tertiary/aromatic N) is 1. The molecular formula is C19H15F3N2O4. The van der Waals surface area contributed by atoms with Gasteiger partial charge >= 0.3 is 12.2 Å². The number of amides is 3. The van der Waals surface area contributed by atoms with Gasteiger partial charge in [0.05, 0.1) is 12.1 Å². The highest BCUT2D eigenvalue weighted by molar-refractivity contribution is 6.07. The van der Waals surface area contributed by atoms with Crippen LogP contribution in [-0.2, 0) is 23.1 Å². The predicted octanol–water partition coefficient (Wildman–Crippen LogP) is 3.40. The van der Waals surface area contributed by atoms with E-state index < -0.39 is 29.2 Å². The van der Waals surface area contributed by atoms with Crippen LogP contribution in [-0.4, -0.2) is 23.6 Å². The Hall–Kier alpha value is -3.23. The molecule has 3 amide bonds. The van der Waals surface area contributed by atoms with Gasteiger partial charge in [0, 0.05) is 0 Å². The van der Waals surface area contributed by atoms with Gasteiger partial charge in [0.15, 0.2) is 11.5 Å². The highest BCUT2D eigenvalue weighted by atomic mass is 19.4. The molecule has 2 aliphatic rings. The van der Waals surface area contributed by atoms with Crippen molar-refractivity contribution in [3.8, 4) is 11.5 Å². The topological polar surface area (TPSA) is 67.9 Å². The summed E-state index contributed by atoms with van der Waals surface area (Å²) in [5, 5.41) is 2.62. The molecule has 1 atom stereocenters. The minimum absolute atomic E-state index is 0.0669. The van der Waals surface area contributed by atoms with Crippen LogP contribution in [0.15, 0.2) is 42.5 Å². The van der Waals surface area contributed by atoms with Gasteiger partial charge in [-0.3, -0.25) is 9.69 Å². The van der Waals surface area contributed by atoms with Gasteiger partial charge in [0.25, 0.3) is 5.91 Å². The predicted molar refractivity (Wildman–Crippen MR) is 90.4 cm³/mol. The van der Waals surface area contributed by atoms with Gasteiger partial charge in [0.1, 0.15) is 5.54 Å². The molecule has 2 heterocycles. The van der Waals surface area contributed by atoms with E-state index in [-0.39, 0.29) is 18.9 Å². The lowest BCUT2D eigenvalue weighted by atomic mass is 9.91. The Morgan fingerprint density at radius 2 is 1.86 bits per heavy atom. The van der Waals surface area contributed by atoms with Gasteiger partial charge in [-0.1, -0.05) is 18.2 Å². The van der Waals surface area contributed by atoms with Gasteiger partial charge in [-0.2, -0.15) is 13.2 Å². The van der Waals surface area contributed by atoms with E-state index in [0.717, 1.165) is 17.0 Å². The fourth-order valence-electron chi connectivity index (χ4n) is 3.27. The van der Waals surface area contributed by atoms with E-state index in [0.29, 0.717) is 17.1 Å². The third-order valence-electron chi connectivity index (χ3n) is 4.82. The maximum absolute atomic E-state index is 13.0. The van der Waals surface area contributed by atoms with Gasteiger partial charge in [-0.15, -0.1) is 0 Å². The number of ether oxygens (including phenoxy) is 2. The number of nitrogens with one attached hydrogen (secondary N) is 1. The van der Waals surface area contributed by atoms with E-state index in [2.05, 4.69) is 5.32 Å². The van der Waals surface area contributed by atoms with E-state index in [1.165, 1.54) is 19.1 Å². The second-order valence-electron chi connectivity index (χ2n) is 6.71. The summed E-state index contributed by atoms with van der Waals surface area (Å²) >= 11 is 0. The first-order valence-electron chi connectivity index (χ1n) is 8.39. The zero-order valence-corrected chi connectivity index (χ0v) is 14.7. The standard InChI is InChI=1S/C19H15F3N2O4/c1-18(12-5-6-14-15(8-12)28-10-27-14)16(25)24(17(26)23-18)9-11-3-2-4-13(7-11)19(20,21)22/h2-8H,9-10H2,1H3,(H,23,26)/t18-/m1/s1. The number of hydrogen-bond donors (Lipinski definition) is 1. The van der Waals surface area contributed by atoms with Crippen LogP contribution in [0.1, 0.15) is 23.6 Å². The van der Waals surface area contributed by atoms with E-state index in [4.69, 9.17) is 9.47 Å². The second-order valence-corrected chi connectivity index (χ2v) is 6.71. The number of urea groups is 1. The minimum Gasteiger partial charge on any atom is -0.454 e. The molecule has 146 valence electrons. The van der Waals surface area contributed by atoms with Gasteiger partial charge in [-0.25, -0.2) is 4.79 Å². The Morgan fingerprint density at radius 3 is 2.61 bits per heavy atom. The molecule has 2 aromatic carbocycles. The maximum Gasteiger partial charge on any atom is 0.416 e. The molecule has 9 heteroatoms. The molecule has 1 saturated heterocycles. The van der Waals surface area contributed by atoms with Crippen molar-refractivity contribution in [3.63, 3.8) is 0 Å². The third kappa shape index (κ3) is 2.92. The Bertz CT molecular complexity index is 976. The molecule has 0 aliphatic carbocycles. The maximum atomic E-state index is 13.0. The first-order valence-corrected chi connectivity index (χ1v) is 8.39. The molecular weight excluding hydrogens is 377 g/mol. The van der Waals surface area contributed by atoms with Gasteiger partial charge in [-0.05, 0) is 42.3 Å². The fourth-order valence-corrected chi connectivity index (χ4v) is 3.27. The SMILES string of the molecule is C[C@]1(c2ccc3c(c2)OCO3)NC(=O)N(Cc2cccc(C(F)(F)F)c2)C1=O. The quantitative estimate of drug-likeness (QED) is 0.813. The van der Waals surface area contributed by atoms with Crippen molar-refractivity contribution in [1.82, 2.24) is 10.2 Å². The van der Waals surface area contributed by atoms with E-state index >= 15 is 0 Å². The molecule has 28 heavy (non-hydrogen) atoms. The van der Waals surface area contributed by atoms with Gasteiger partial charge < -0.3 is 14.8 Å². The van der Waals surface area contributed by atoms with Crippen molar-refractivity contribution >= 4 is 11.9 Å². The zero-order chi connectivity index (χ0) is 20.1. The number of hydrogen-bond acceptors (Lipinski definition) is 4. The van der Waals surface area contributed by atoms with Crippen LogP contribution >= 0.6 is 0 Å². The zero-order valence-electron chi connectivity index (χ0n) is 14.7. The van der Waals surface area contributed by atoms with Crippen molar-refractivity contribution in [2.45, 2.75) is 25.2 Å². The van der Waals surface area contributed by atoms with Crippen LogP contribution < -0.4 is 14.8 Å². The molecule has 0 radical (unpaired) electrons. The van der Waals surface area contributed by atoms with Crippen molar-refractivity contribution < 1.29 is 32.2 Å². The van der Waals surface area contributed by atoms with Crippen LogP contribution in [0.5, 0.6) is 11.5 Å². The largest absolute Gasteiger partial charge is 0.454 e. The average Bonchev–Trinajstić information content (AvgIpc) is 3.20. The molecule has 4 rings (SSSR count). The smallest absolute Gasteiger partial charge is 0.416 e. The normalized spacial score (nSPS) is 21.2. The summed E-state index contributed by atoms with van der Waals surface area (Å²) in [5.41, 5.74) is -1.51. The molecule has 6 nitrogen and oxygen atoms in total. The Balaban J connectivity index is 1.61. The summed E-state index contributed by atoms with van der Waals surface area (Å²) in [6, 6.07) is 8.75. The number of alkyl halides is 3. The van der Waals surface area contributed by atoms with Gasteiger partial charge in [0.2, 0.25) is 6.79 Å². The van der Waals surface area contributed by atoms with Crippen molar-refractivity contribution in [2.75, 3.05) is 6.79 Å².